The number of carbonyl (C=O) groups excluding carboxylic acids is 1. The Hall–Kier alpha value is -2.12. The molecule has 0 saturated heterocycles. The highest BCUT2D eigenvalue weighted by molar-refractivity contribution is 5.94. The van der Waals surface area contributed by atoms with Gasteiger partial charge >= 0.3 is 0 Å². The molecule has 2 N–H and O–H groups in total. The topological polar surface area (TPSA) is 80.3 Å². The number of hydrogen-bond acceptors (Lipinski definition) is 5. The average molecular weight is 379 g/mol. The van der Waals surface area contributed by atoms with Crippen molar-refractivity contribution in [1.82, 2.24) is 9.55 Å². The number of aromatic nitrogens is 2. The second kappa shape index (κ2) is 7.94. The van der Waals surface area contributed by atoms with Gasteiger partial charge in [-0.3, -0.25) is 4.79 Å². The van der Waals surface area contributed by atoms with Gasteiger partial charge in [0.2, 0.25) is 11.7 Å². The molecule has 0 unspecified atom stereocenters. The Bertz CT molecular complexity index is 768. The smallest absolute Gasteiger partial charge is 0.217 e. The zero-order chi connectivity index (χ0) is 15.4. The fraction of sp³-hybridized carbons (Fsp3) is 0.250. The first-order valence-corrected chi connectivity index (χ1v) is 7.16. The molecule has 2 aromatic heterocycles. The van der Waals surface area contributed by atoms with Crippen LogP contribution in [0.2, 0.25) is 0 Å². The van der Waals surface area contributed by atoms with E-state index in [4.69, 9.17) is 9.52 Å². The van der Waals surface area contributed by atoms with Crippen molar-refractivity contribution in [2.75, 3.05) is 18.5 Å². The van der Waals surface area contributed by atoms with Crippen LogP contribution in [-0.4, -0.2) is 33.6 Å². The van der Waals surface area contributed by atoms with Gasteiger partial charge in [-0.15, -0.1) is 0 Å². The summed E-state index contributed by atoms with van der Waals surface area (Å²) in [6, 6.07) is 11.0. The largest absolute Gasteiger partial charge is 1.00 e. The maximum atomic E-state index is 12.3. The van der Waals surface area contributed by atoms with E-state index >= 15 is 0 Å². The highest BCUT2D eigenvalue weighted by atomic mass is 79.9. The maximum Gasteiger partial charge on any atom is 0.217 e. The number of nitrogens with one attached hydrogen (secondary N) is 1. The summed E-state index contributed by atoms with van der Waals surface area (Å²) >= 11 is 0. The third-order valence-corrected chi connectivity index (χ3v) is 3.37. The summed E-state index contributed by atoms with van der Waals surface area (Å²) < 4.78 is 6.99. The van der Waals surface area contributed by atoms with Crippen LogP contribution < -0.4 is 22.3 Å². The first-order valence-electron chi connectivity index (χ1n) is 7.16. The lowest BCUT2D eigenvalue weighted by molar-refractivity contribution is -0.0000135. The summed E-state index contributed by atoms with van der Waals surface area (Å²) in [5.41, 5.74) is 1.70. The van der Waals surface area contributed by atoms with Crippen molar-refractivity contribution >= 4 is 22.8 Å². The van der Waals surface area contributed by atoms with Gasteiger partial charge in [0.15, 0.2) is 5.76 Å². The fourth-order valence-electron chi connectivity index (χ4n) is 2.31. The van der Waals surface area contributed by atoms with Crippen LogP contribution in [0.25, 0.3) is 11.0 Å². The molecule has 0 radical (unpaired) electrons. The van der Waals surface area contributed by atoms with Gasteiger partial charge in [-0.05, 0) is 30.7 Å². The molecule has 2 heterocycles. The van der Waals surface area contributed by atoms with Gasteiger partial charge < -0.3 is 36.4 Å². The number of ketones is 1. The number of nitrogens with zero attached hydrogens (tertiary/aromatic N) is 2. The molecule has 0 spiro atoms. The number of aliphatic hydroxyl groups is 1. The number of Topliss-reactive ketones (excluding diaryl/α,β-unsaturated/α-hetero) is 1. The predicted molar refractivity (Wildman–Crippen MR) is 83.0 cm³/mol. The lowest BCUT2D eigenvalue weighted by Gasteiger charge is -2.09. The molecule has 1 aromatic carbocycles. The van der Waals surface area contributed by atoms with E-state index in [1.54, 1.807) is 12.1 Å². The molecule has 23 heavy (non-hydrogen) atoms. The van der Waals surface area contributed by atoms with Crippen LogP contribution in [0.3, 0.4) is 0 Å². The summed E-state index contributed by atoms with van der Waals surface area (Å²) in [5.74, 6) is 0.840. The Morgan fingerprint density at radius 1 is 1.26 bits per heavy atom. The summed E-state index contributed by atoms with van der Waals surface area (Å²) in [5, 5.41) is 12.1. The van der Waals surface area contributed by atoms with E-state index in [0.717, 1.165) is 11.0 Å². The number of anilines is 1. The summed E-state index contributed by atoms with van der Waals surface area (Å²) in [7, 11) is 0. The molecule has 0 amide bonds. The number of hydrogen-bond donors (Lipinski definition) is 2. The van der Waals surface area contributed by atoms with Crippen LogP contribution in [0.15, 0.2) is 47.1 Å². The van der Waals surface area contributed by atoms with Crippen molar-refractivity contribution in [2.24, 2.45) is 0 Å². The van der Waals surface area contributed by atoms with Crippen molar-refractivity contribution in [3.8, 4) is 0 Å². The predicted octanol–water partition coefficient (Wildman–Crippen LogP) is -0.690. The van der Waals surface area contributed by atoms with Gasteiger partial charge in [-0.1, -0.05) is 12.1 Å². The Morgan fingerprint density at radius 3 is 2.83 bits per heavy atom. The number of benzene rings is 1. The van der Waals surface area contributed by atoms with Gasteiger partial charge in [0.05, 0.1) is 23.8 Å². The molecule has 0 aliphatic carbocycles. The minimum absolute atomic E-state index is 0. The first-order chi connectivity index (χ1) is 10.8. The zero-order valence-corrected chi connectivity index (χ0v) is 14.0. The number of furan rings is 1. The molecular weight excluding hydrogens is 362 g/mol. The number of para-hydroxylation sites is 2. The van der Waals surface area contributed by atoms with Crippen LogP contribution in [0.4, 0.5) is 5.95 Å². The second-order valence-electron chi connectivity index (χ2n) is 4.91. The van der Waals surface area contributed by atoms with Crippen LogP contribution in [0.5, 0.6) is 0 Å². The molecule has 0 aliphatic heterocycles. The average Bonchev–Trinajstić information content (AvgIpc) is 3.16. The molecule has 0 bridgehead atoms. The van der Waals surface area contributed by atoms with E-state index in [1.165, 1.54) is 6.26 Å². The van der Waals surface area contributed by atoms with Crippen LogP contribution in [0, 0.1) is 0 Å². The van der Waals surface area contributed by atoms with Gasteiger partial charge in [0, 0.05) is 13.2 Å². The van der Waals surface area contributed by atoms with Crippen LogP contribution in [0.1, 0.15) is 17.0 Å². The quantitative estimate of drug-likeness (QED) is 0.420. The molecule has 3 aromatic rings. The molecule has 0 aliphatic rings. The van der Waals surface area contributed by atoms with Crippen molar-refractivity contribution in [3.63, 3.8) is 0 Å². The standard InChI is InChI=1S/C16H17N3O3.BrH/c20-9-4-8-17-16-18-12-5-1-2-6-13(12)19(16)11-14(21)15-7-3-10-22-15;/h1-3,5-7,10,20H,4,8-9,11H2,(H,17,18);1H/p-1. The molecule has 7 heteroatoms. The number of fused-ring (bicyclic) bond motifs is 1. The van der Waals surface area contributed by atoms with E-state index in [9.17, 15) is 4.79 Å². The third-order valence-electron chi connectivity index (χ3n) is 3.37. The van der Waals surface area contributed by atoms with Crippen molar-refractivity contribution in [2.45, 2.75) is 13.0 Å². The fourth-order valence-corrected chi connectivity index (χ4v) is 2.31. The summed E-state index contributed by atoms with van der Waals surface area (Å²) in [4.78, 5) is 16.8. The minimum Gasteiger partial charge on any atom is -1.00 e. The Morgan fingerprint density at radius 2 is 2.09 bits per heavy atom. The lowest BCUT2D eigenvalue weighted by Crippen LogP contribution is -3.00. The highest BCUT2D eigenvalue weighted by Crippen LogP contribution is 2.20. The molecular formula is C16H17BrN3O3-. The van der Waals surface area contributed by atoms with Crippen molar-refractivity contribution < 1.29 is 31.3 Å². The van der Waals surface area contributed by atoms with E-state index in [2.05, 4.69) is 10.3 Å². The number of halogens is 1. The maximum absolute atomic E-state index is 12.3. The van der Waals surface area contributed by atoms with Crippen molar-refractivity contribution in [1.29, 1.82) is 0 Å². The van der Waals surface area contributed by atoms with Crippen LogP contribution in [-0.2, 0) is 6.54 Å². The Balaban J connectivity index is 0.00000192. The molecule has 0 saturated carbocycles. The molecule has 6 nitrogen and oxygen atoms in total. The molecule has 3 rings (SSSR count). The molecule has 122 valence electrons. The van der Waals surface area contributed by atoms with E-state index < -0.39 is 0 Å². The van der Waals surface area contributed by atoms with Gasteiger partial charge in [0.1, 0.15) is 0 Å². The van der Waals surface area contributed by atoms with Crippen molar-refractivity contribution in [3.05, 3.63) is 48.4 Å². The SMILES string of the molecule is O=C(Cn1c(NCCCO)nc2ccccc21)c1ccco1.[Br-]. The lowest BCUT2D eigenvalue weighted by atomic mass is 10.3. The Kier molecular flexibility index (Phi) is 5.95. The van der Waals surface area contributed by atoms with E-state index in [0.29, 0.717) is 24.7 Å². The third kappa shape index (κ3) is 3.80. The summed E-state index contributed by atoms with van der Waals surface area (Å²) in [6.45, 7) is 0.850. The minimum atomic E-state index is -0.113. The van der Waals surface area contributed by atoms with Gasteiger partial charge in [-0.2, -0.15) is 0 Å². The Labute approximate surface area is 143 Å². The zero-order valence-electron chi connectivity index (χ0n) is 12.4. The second-order valence-corrected chi connectivity index (χ2v) is 4.91. The molecule has 0 atom stereocenters. The first kappa shape index (κ1) is 17.2. The normalized spacial score (nSPS) is 10.5. The number of imidazole rings is 1. The number of aliphatic hydroxyl groups excluding tert-OH is 1. The highest BCUT2D eigenvalue weighted by Gasteiger charge is 2.15. The van der Waals surface area contributed by atoms with E-state index in [-0.39, 0.29) is 35.9 Å². The number of rotatable bonds is 7. The van der Waals surface area contributed by atoms with Gasteiger partial charge in [-0.25, -0.2) is 4.98 Å². The number of carbonyl (C=O) groups is 1. The molecule has 0 fully saturated rings. The van der Waals surface area contributed by atoms with E-state index in [1.807, 2.05) is 28.8 Å². The van der Waals surface area contributed by atoms with Gasteiger partial charge in [0.25, 0.3) is 0 Å². The summed E-state index contributed by atoms with van der Waals surface area (Å²) in [6.07, 6.45) is 2.11. The monoisotopic (exact) mass is 378 g/mol. The van der Waals surface area contributed by atoms with Crippen LogP contribution >= 0.6 is 0 Å².